The molecule has 298 valence electrons. The zero-order valence-corrected chi connectivity index (χ0v) is 32.2. The predicted octanol–water partition coefficient (Wildman–Crippen LogP) is 3.18. The highest BCUT2D eigenvalue weighted by Gasteiger charge is 2.38. The van der Waals surface area contributed by atoms with Crippen molar-refractivity contribution in [1.82, 2.24) is 30.2 Å². The maximum Gasteiger partial charge on any atom is 0.328 e. The van der Waals surface area contributed by atoms with Crippen molar-refractivity contribution in [2.75, 3.05) is 48.3 Å². The molecule has 3 aliphatic heterocycles. The van der Waals surface area contributed by atoms with E-state index in [9.17, 15) is 19.2 Å². The van der Waals surface area contributed by atoms with Gasteiger partial charge < -0.3 is 30.7 Å². The molecule has 4 aromatic rings. The Balaban J connectivity index is 0.902. The number of para-hydroxylation sites is 2. The van der Waals surface area contributed by atoms with Crippen molar-refractivity contribution in [3.8, 4) is 28.4 Å². The number of fused-ring (bicyclic) bond motifs is 1. The molecule has 16 nitrogen and oxygen atoms in total. The first kappa shape index (κ1) is 38.0. The Labute approximate surface area is 330 Å². The highest BCUT2D eigenvalue weighted by atomic mass is 16.5. The summed E-state index contributed by atoms with van der Waals surface area (Å²) in [6, 6.07) is 14.0. The Hall–Kier alpha value is -5.87. The quantitative estimate of drug-likeness (QED) is 0.127. The van der Waals surface area contributed by atoms with E-state index in [1.165, 1.54) is 0 Å². The van der Waals surface area contributed by atoms with Gasteiger partial charge in [-0.3, -0.25) is 24.6 Å². The zero-order chi connectivity index (χ0) is 39.8. The summed E-state index contributed by atoms with van der Waals surface area (Å²) in [4.78, 5) is 57.0. The SMILES string of the molecule is CC(C)[C@H](N)C(=O)Oc1ccccc1-c1cc(-n2cc(N3CCN(C4CCC(c5cccc6c5OCCN6[C@H]5CCC(=O)NC5=O)CC4)CC3=O)cn2)c(N)nn1. The van der Waals surface area contributed by atoms with E-state index in [1.54, 1.807) is 52.3 Å². The molecule has 0 unspecified atom stereocenters. The number of carbonyl (C=O) groups is 4. The minimum atomic E-state index is -0.780. The van der Waals surface area contributed by atoms with Crippen LogP contribution in [0.4, 0.5) is 17.2 Å². The number of aromatic nitrogens is 4. The van der Waals surface area contributed by atoms with Gasteiger partial charge in [-0.15, -0.1) is 10.2 Å². The van der Waals surface area contributed by atoms with Crippen molar-refractivity contribution in [2.45, 2.75) is 76.4 Å². The van der Waals surface area contributed by atoms with Crippen LogP contribution in [0.25, 0.3) is 16.9 Å². The summed E-state index contributed by atoms with van der Waals surface area (Å²) in [7, 11) is 0. The van der Waals surface area contributed by atoms with E-state index < -0.39 is 12.0 Å². The molecule has 1 saturated carbocycles. The maximum absolute atomic E-state index is 13.6. The fraction of sp³-hybridized carbons (Fsp3) is 0.439. The maximum atomic E-state index is 13.6. The van der Waals surface area contributed by atoms with Gasteiger partial charge in [0.2, 0.25) is 17.7 Å². The second-order valence-electron chi connectivity index (χ2n) is 15.6. The Morgan fingerprint density at radius 3 is 2.54 bits per heavy atom. The number of benzene rings is 2. The molecule has 0 spiro atoms. The minimum absolute atomic E-state index is 0.00106. The summed E-state index contributed by atoms with van der Waals surface area (Å²) in [5.74, 6) is 0.494. The topological polar surface area (TPSA) is 204 Å². The van der Waals surface area contributed by atoms with E-state index in [-0.39, 0.29) is 35.5 Å². The molecule has 0 bridgehead atoms. The van der Waals surface area contributed by atoms with Crippen LogP contribution >= 0.6 is 0 Å². The van der Waals surface area contributed by atoms with Crippen LogP contribution < -0.4 is 36.1 Å². The molecule has 2 atom stereocenters. The summed E-state index contributed by atoms with van der Waals surface area (Å²) in [6.07, 6.45) is 8.08. The lowest BCUT2D eigenvalue weighted by atomic mass is 9.80. The summed E-state index contributed by atoms with van der Waals surface area (Å²) >= 11 is 0. The van der Waals surface area contributed by atoms with Gasteiger partial charge in [-0.2, -0.15) is 5.10 Å². The van der Waals surface area contributed by atoms with Gasteiger partial charge in [0.25, 0.3) is 0 Å². The van der Waals surface area contributed by atoms with Gasteiger partial charge in [0.15, 0.2) is 5.82 Å². The molecule has 5 N–H and O–H groups in total. The molecule has 5 heterocycles. The fourth-order valence-electron chi connectivity index (χ4n) is 8.45. The van der Waals surface area contributed by atoms with Gasteiger partial charge in [-0.05, 0) is 73.8 Å². The first-order valence-corrected chi connectivity index (χ1v) is 19.7. The standard InChI is InChI=1S/C41H48N10O6/c1-24(2)37(42)41(55)57-34-9-4-3-6-29(34)30-20-33(39(43)47-46-30)51-22-27(21-44-51)49-17-16-48(23-36(49)53)26-12-10-25(11-13-26)28-7-5-8-31-38(28)56-19-18-50(31)32-14-15-35(52)45-40(32)54/h3-9,20-22,24-26,32,37H,10-19,23,42H2,1-2H3,(H2,43,47)(H,45,52,54)/t25?,26?,32-,37-/m0/s1. The van der Waals surface area contributed by atoms with Gasteiger partial charge in [-0.25, -0.2) is 9.48 Å². The number of amides is 3. The number of hydrogen-bond donors (Lipinski definition) is 3. The van der Waals surface area contributed by atoms with Gasteiger partial charge in [0, 0.05) is 31.1 Å². The summed E-state index contributed by atoms with van der Waals surface area (Å²) in [6.45, 7) is 6.34. The number of esters is 1. The molecule has 2 aromatic heterocycles. The van der Waals surface area contributed by atoms with E-state index in [1.807, 2.05) is 26.0 Å². The number of piperazine rings is 1. The summed E-state index contributed by atoms with van der Waals surface area (Å²) < 4.78 is 13.5. The van der Waals surface area contributed by atoms with Crippen molar-refractivity contribution >= 4 is 40.9 Å². The first-order chi connectivity index (χ1) is 27.5. The Kier molecular flexibility index (Phi) is 10.6. The molecule has 0 radical (unpaired) electrons. The minimum Gasteiger partial charge on any atom is -0.489 e. The molecule has 4 aliphatic rings. The fourth-order valence-corrected chi connectivity index (χ4v) is 8.45. The van der Waals surface area contributed by atoms with E-state index in [0.717, 1.165) is 49.2 Å². The van der Waals surface area contributed by atoms with Crippen molar-refractivity contribution < 1.29 is 28.7 Å². The average molecular weight is 777 g/mol. The van der Waals surface area contributed by atoms with Crippen LogP contribution in [0.5, 0.6) is 11.5 Å². The third kappa shape index (κ3) is 7.66. The molecule has 2 saturated heterocycles. The second-order valence-corrected chi connectivity index (χ2v) is 15.6. The van der Waals surface area contributed by atoms with Crippen molar-refractivity contribution in [3.63, 3.8) is 0 Å². The van der Waals surface area contributed by atoms with Crippen LogP contribution in [0.3, 0.4) is 0 Å². The molecule has 57 heavy (non-hydrogen) atoms. The number of carbonyl (C=O) groups excluding carboxylic acids is 4. The molecule has 2 aromatic carbocycles. The lowest BCUT2D eigenvalue weighted by Crippen LogP contribution is -2.54. The van der Waals surface area contributed by atoms with Gasteiger partial charge in [0.05, 0.1) is 42.6 Å². The number of nitrogens with two attached hydrogens (primary N) is 2. The Morgan fingerprint density at radius 2 is 1.77 bits per heavy atom. The van der Waals surface area contributed by atoms with Crippen LogP contribution in [0.15, 0.2) is 60.9 Å². The molecule has 8 rings (SSSR count). The average Bonchev–Trinajstić information content (AvgIpc) is 3.70. The lowest BCUT2D eigenvalue weighted by Gasteiger charge is -2.42. The van der Waals surface area contributed by atoms with E-state index in [2.05, 4.69) is 36.5 Å². The zero-order valence-electron chi connectivity index (χ0n) is 32.2. The number of nitrogen functional groups attached to an aromatic ring is 1. The molecular formula is C41H48N10O6. The van der Waals surface area contributed by atoms with Crippen LogP contribution in [0.2, 0.25) is 0 Å². The normalized spacial score (nSPS) is 22.2. The predicted molar refractivity (Wildman–Crippen MR) is 212 cm³/mol. The number of rotatable bonds is 9. The molecule has 3 amide bonds. The van der Waals surface area contributed by atoms with Crippen LogP contribution in [0.1, 0.15) is 63.9 Å². The number of ether oxygens (including phenoxy) is 2. The highest BCUT2D eigenvalue weighted by molar-refractivity contribution is 6.02. The van der Waals surface area contributed by atoms with Crippen LogP contribution in [0, 0.1) is 5.92 Å². The van der Waals surface area contributed by atoms with Crippen molar-refractivity contribution in [2.24, 2.45) is 11.7 Å². The number of hydrogen-bond acceptors (Lipinski definition) is 13. The third-order valence-electron chi connectivity index (χ3n) is 11.7. The van der Waals surface area contributed by atoms with Gasteiger partial charge >= 0.3 is 5.97 Å². The van der Waals surface area contributed by atoms with Gasteiger partial charge in [0.1, 0.15) is 35.9 Å². The largest absolute Gasteiger partial charge is 0.489 e. The van der Waals surface area contributed by atoms with E-state index in [4.69, 9.17) is 20.9 Å². The Bertz CT molecular complexity index is 2180. The lowest BCUT2D eigenvalue weighted by molar-refractivity contribution is -0.137. The van der Waals surface area contributed by atoms with Crippen LogP contribution in [-0.4, -0.2) is 99.5 Å². The van der Waals surface area contributed by atoms with Crippen molar-refractivity contribution in [3.05, 3.63) is 66.5 Å². The number of anilines is 3. The van der Waals surface area contributed by atoms with E-state index >= 15 is 0 Å². The van der Waals surface area contributed by atoms with Gasteiger partial charge in [-0.1, -0.05) is 38.1 Å². The molecule has 16 heteroatoms. The first-order valence-electron chi connectivity index (χ1n) is 19.7. The molecule has 3 fully saturated rings. The van der Waals surface area contributed by atoms with E-state index in [0.29, 0.717) is 79.4 Å². The smallest absolute Gasteiger partial charge is 0.328 e. The molecular weight excluding hydrogens is 729 g/mol. The second kappa shape index (κ2) is 15.9. The van der Waals surface area contributed by atoms with Crippen LogP contribution in [-0.2, 0) is 19.2 Å². The highest BCUT2D eigenvalue weighted by Crippen LogP contribution is 2.45. The number of nitrogens with zero attached hydrogens (tertiary/aromatic N) is 7. The summed E-state index contributed by atoms with van der Waals surface area (Å²) in [5, 5.41) is 15.5. The Morgan fingerprint density at radius 1 is 0.965 bits per heavy atom. The van der Waals surface area contributed by atoms with Crippen molar-refractivity contribution in [1.29, 1.82) is 0 Å². The monoisotopic (exact) mass is 776 g/mol. The number of imide groups is 1. The number of piperidine rings is 1. The summed E-state index contributed by atoms with van der Waals surface area (Å²) in [5.41, 5.74) is 16.5. The third-order valence-corrected chi connectivity index (χ3v) is 11.7. The molecule has 1 aliphatic carbocycles. The number of nitrogens with one attached hydrogen (secondary N) is 1.